The van der Waals surface area contributed by atoms with Gasteiger partial charge in [0.1, 0.15) is 0 Å². The van der Waals surface area contributed by atoms with Crippen molar-refractivity contribution in [1.29, 1.82) is 0 Å². The molecule has 1 N–H and O–H groups in total. The van der Waals surface area contributed by atoms with Gasteiger partial charge in [-0.2, -0.15) is 5.10 Å². The Hall–Kier alpha value is -0.780. The molecule has 1 heterocycles. The van der Waals surface area contributed by atoms with E-state index in [2.05, 4.69) is 21.0 Å². The first-order chi connectivity index (χ1) is 7.69. The number of hydrogen-bond donors (Lipinski definition) is 1. The number of aryl methyl sites for hydroxylation is 1. The number of benzene rings is 1. The zero-order chi connectivity index (χ0) is 11.5. The third-order valence-corrected chi connectivity index (χ3v) is 3.79. The summed E-state index contributed by atoms with van der Waals surface area (Å²) in [5.74, 6) is 0. The van der Waals surface area contributed by atoms with E-state index in [0.717, 1.165) is 19.8 Å². The minimum Gasteiger partial charge on any atom is -0.392 e. The number of hydrogen-bond acceptors (Lipinski definition) is 3. The molecule has 1 aromatic heterocycles. The summed E-state index contributed by atoms with van der Waals surface area (Å²) in [5.41, 5.74) is 0.899. The van der Waals surface area contributed by atoms with Crippen LogP contribution in [0.3, 0.4) is 0 Å². The van der Waals surface area contributed by atoms with E-state index in [-0.39, 0.29) is 6.61 Å². The van der Waals surface area contributed by atoms with Crippen LogP contribution in [-0.2, 0) is 13.7 Å². The van der Waals surface area contributed by atoms with E-state index in [4.69, 9.17) is 5.11 Å². The fraction of sp³-hybridized carbons (Fsp3) is 0.182. The van der Waals surface area contributed by atoms with Crippen molar-refractivity contribution in [2.24, 2.45) is 7.05 Å². The number of aromatic nitrogens is 2. The largest absolute Gasteiger partial charge is 0.392 e. The van der Waals surface area contributed by atoms with Gasteiger partial charge in [-0.25, -0.2) is 0 Å². The molecule has 0 fully saturated rings. The normalized spacial score (nSPS) is 10.7. The number of halogens is 1. The molecule has 0 atom stereocenters. The summed E-state index contributed by atoms with van der Waals surface area (Å²) in [4.78, 5) is 2.23. The summed E-state index contributed by atoms with van der Waals surface area (Å²) in [6.45, 7) is 0.0540. The molecule has 0 radical (unpaired) electrons. The summed E-state index contributed by atoms with van der Waals surface area (Å²) < 4.78 is 2.71. The molecule has 2 rings (SSSR count). The van der Waals surface area contributed by atoms with Gasteiger partial charge in [-0.1, -0.05) is 33.8 Å². The molecule has 0 amide bonds. The standard InChI is InChI=1S/C11H11BrN2OS/c1-14-6-10(5-13-14)16-9-3-2-8(7-15)11(12)4-9/h2-6,15H,7H2,1H3. The highest BCUT2D eigenvalue weighted by Gasteiger charge is 2.03. The van der Waals surface area contributed by atoms with Crippen LogP contribution in [0, 0.1) is 0 Å². The van der Waals surface area contributed by atoms with Crippen LogP contribution in [0.5, 0.6) is 0 Å². The fourth-order valence-electron chi connectivity index (χ4n) is 1.31. The number of aliphatic hydroxyl groups is 1. The highest BCUT2D eigenvalue weighted by atomic mass is 79.9. The topological polar surface area (TPSA) is 38.0 Å². The minimum absolute atomic E-state index is 0.0540. The van der Waals surface area contributed by atoms with Gasteiger partial charge in [0, 0.05) is 22.6 Å². The van der Waals surface area contributed by atoms with Gasteiger partial charge in [0.25, 0.3) is 0 Å². The third kappa shape index (κ3) is 2.66. The molecule has 0 aliphatic carbocycles. The molecule has 16 heavy (non-hydrogen) atoms. The van der Waals surface area contributed by atoms with Crippen molar-refractivity contribution in [3.8, 4) is 0 Å². The van der Waals surface area contributed by atoms with Crippen molar-refractivity contribution in [2.75, 3.05) is 0 Å². The molecule has 0 unspecified atom stereocenters. The van der Waals surface area contributed by atoms with Gasteiger partial charge in [0.2, 0.25) is 0 Å². The van der Waals surface area contributed by atoms with Gasteiger partial charge in [0.15, 0.2) is 0 Å². The number of aliphatic hydroxyl groups excluding tert-OH is 1. The molecule has 5 heteroatoms. The summed E-state index contributed by atoms with van der Waals surface area (Å²) in [6.07, 6.45) is 3.80. The first-order valence-corrected chi connectivity index (χ1v) is 6.36. The monoisotopic (exact) mass is 298 g/mol. The van der Waals surface area contributed by atoms with E-state index in [1.807, 2.05) is 37.6 Å². The number of nitrogens with zero attached hydrogens (tertiary/aromatic N) is 2. The maximum Gasteiger partial charge on any atom is 0.0692 e. The van der Waals surface area contributed by atoms with E-state index < -0.39 is 0 Å². The first-order valence-electron chi connectivity index (χ1n) is 4.75. The zero-order valence-electron chi connectivity index (χ0n) is 8.72. The van der Waals surface area contributed by atoms with Gasteiger partial charge in [-0.3, -0.25) is 4.68 Å². The van der Waals surface area contributed by atoms with E-state index in [1.54, 1.807) is 16.4 Å². The van der Waals surface area contributed by atoms with Crippen LogP contribution < -0.4 is 0 Å². The average molecular weight is 299 g/mol. The second-order valence-electron chi connectivity index (χ2n) is 3.36. The third-order valence-electron chi connectivity index (χ3n) is 2.11. The maximum atomic E-state index is 9.05. The maximum absolute atomic E-state index is 9.05. The van der Waals surface area contributed by atoms with Crippen molar-refractivity contribution in [2.45, 2.75) is 16.4 Å². The Morgan fingerprint density at radius 1 is 1.44 bits per heavy atom. The lowest BCUT2D eigenvalue weighted by molar-refractivity contribution is 0.281. The second-order valence-corrected chi connectivity index (χ2v) is 5.36. The highest BCUT2D eigenvalue weighted by Crippen LogP contribution is 2.30. The van der Waals surface area contributed by atoms with Crippen molar-refractivity contribution in [3.63, 3.8) is 0 Å². The average Bonchev–Trinajstić information content (AvgIpc) is 2.64. The molecule has 0 bridgehead atoms. The van der Waals surface area contributed by atoms with Crippen molar-refractivity contribution in [1.82, 2.24) is 9.78 Å². The molecule has 0 saturated carbocycles. The molecule has 0 saturated heterocycles. The van der Waals surface area contributed by atoms with Crippen LogP contribution >= 0.6 is 27.7 Å². The lowest BCUT2D eigenvalue weighted by Gasteiger charge is -2.03. The van der Waals surface area contributed by atoms with Crippen molar-refractivity contribution >= 4 is 27.7 Å². The van der Waals surface area contributed by atoms with Crippen molar-refractivity contribution < 1.29 is 5.11 Å². The molecule has 0 aliphatic rings. The molecule has 1 aromatic carbocycles. The van der Waals surface area contributed by atoms with Gasteiger partial charge >= 0.3 is 0 Å². The summed E-state index contributed by atoms with van der Waals surface area (Å²) in [7, 11) is 1.90. The Bertz CT molecular complexity index is 498. The second kappa shape index (κ2) is 5.03. The van der Waals surface area contributed by atoms with E-state index >= 15 is 0 Å². The predicted octanol–water partition coefficient (Wildman–Crippen LogP) is 2.83. The highest BCUT2D eigenvalue weighted by molar-refractivity contribution is 9.10. The molecule has 0 spiro atoms. The summed E-state index contributed by atoms with van der Waals surface area (Å²) >= 11 is 5.08. The molecular weight excluding hydrogens is 288 g/mol. The van der Waals surface area contributed by atoms with E-state index in [0.29, 0.717) is 0 Å². The Morgan fingerprint density at radius 3 is 2.81 bits per heavy atom. The van der Waals surface area contributed by atoms with Gasteiger partial charge in [-0.15, -0.1) is 0 Å². The van der Waals surface area contributed by atoms with Gasteiger partial charge in [0.05, 0.1) is 17.7 Å². The zero-order valence-corrected chi connectivity index (χ0v) is 11.1. The molecule has 3 nitrogen and oxygen atoms in total. The van der Waals surface area contributed by atoms with Crippen molar-refractivity contribution in [3.05, 3.63) is 40.6 Å². The smallest absolute Gasteiger partial charge is 0.0692 e. The van der Waals surface area contributed by atoms with Crippen LogP contribution in [0.2, 0.25) is 0 Å². The van der Waals surface area contributed by atoms with Crippen LogP contribution in [0.25, 0.3) is 0 Å². The predicted molar refractivity (Wildman–Crippen MR) is 67.4 cm³/mol. The SMILES string of the molecule is Cn1cc(Sc2ccc(CO)c(Br)c2)cn1. The van der Waals surface area contributed by atoms with E-state index in [9.17, 15) is 0 Å². The summed E-state index contributed by atoms with van der Waals surface area (Å²) in [6, 6.07) is 5.92. The lowest BCUT2D eigenvalue weighted by atomic mass is 10.2. The van der Waals surface area contributed by atoms with Gasteiger partial charge < -0.3 is 5.11 Å². The Kier molecular flexibility index (Phi) is 3.68. The van der Waals surface area contributed by atoms with Crippen LogP contribution in [-0.4, -0.2) is 14.9 Å². The lowest BCUT2D eigenvalue weighted by Crippen LogP contribution is -1.85. The van der Waals surface area contributed by atoms with Crippen LogP contribution in [0.15, 0.2) is 44.9 Å². The number of rotatable bonds is 3. The molecule has 2 aromatic rings. The molecular formula is C11H11BrN2OS. The minimum atomic E-state index is 0.0540. The van der Waals surface area contributed by atoms with Gasteiger partial charge in [-0.05, 0) is 17.7 Å². The molecule has 0 aliphatic heterocycles. The quantitative estimate of drug-likeness (QED) is 0.947. The Labute approximate surface area is 107 Å². The van der Waals surface area contributed by atoms with Crippen LogP contribution in [0.4, 0.5) is 0 Å². The summed E-state index contributed by atoms with van der Waals surface area (Å²) in [5, 5.41) is 13.2. The fourth-order valence-corrected chi connectivity index (χ4v) is 2.85. The molecule has 84 valence electrons. The Morgan fingerprint density at radius 2 is 2.25 bits per heavy atom. The van der Waals surface area contributed by atoms with Crippen LogP contribution in [0.1, 0.15) is 5.56 Å². The first kappa shape index (κ1) is 11.7. The Balaban J connectivity index is 2.19. The van der Waals surface area contributed by atoms with E-state index in [1.165, 1.54) is 0 Å².